The molecule has 1 aliphatic rings. The van der Waals surface area contributed by atoms with Gasteiger partial charge in [-0.15, -0.1) is 11.3 Å². The Morgan fingerprint density at radius 2 is 2.00 bits per heavy atom. The molecule has 1 fully saturated rings. The molecule has 3 heteroatoms. The fourth-order valence-electron chi connectivity index (χ4n) is 3.09. The van der Waals surface area contributed by atoms with Crippen LogP contribution in [-0.2, 0) is 0 Å². The molecule has 0 aliphatic heterocycles. The average molecular weight is 252 g/mol. The molecule has 0 bridgehead atoms. The maximum atomic E-state index is 3.42. The fraction of sp³-hybridized carbons (Fsp3) is 0.714. The molecule has 1 aromatic heterocycles. The van der Waals surface area contributed by atoms with E-state index in [2.05, 4.69) is 48.9 Å². The molecule has 1 saturated carbocycles. The first-order valence-electron chi connectivity index (χ1n) is 6.59. The van der Waals surface area contributed by atoms with Crippen LogP contribution in [0.4, 0.5) is 0 Å². The summed E-state index contributed by atoms with van der Waals surface area (Å²) in [5, 5.41) is 5.62. The van der Waals surface area contributed by atoms with E-state index in [4.69, 9.17) is 0 Å². The number of nitrogens with one attached hydrogen (secondary N) is 1. The number of thiophene rings is 1. The summed E-state index contributed by atoms with van der Waals surface area (Å²) in [6.07, 6.45) is 5.37. The second-order valence-corrected chi connectivity index (χ2v) is 6.30. The van der Waals surface area contributed by atoms with Crippen LogP contribution in [0, 0.1) is 5.92 Å². The molecule has 0 radical (unpaired) electrons. The zero-order valence-corrected chi connectivity index (χ0v) is 12.0. The van der Waals surface area contributed by atoms with E-state index >= 15 is 0 Å². The zero-order chi connectivity index (χ0) is 12.3. The third-order valence-electron chi connectivity index (χ3n) is 4.02. The molecular formula is C14H24N2S. The lowest BCUT2D eigenvalue weighted by molar-refractivity contribution is 0.161. The Balaban J connectivity index is 2.03. The Kier molecular flexibility index (Phi) is 4.60. The summed E-state index contributed by atoms with van der Waals surface area (Å²) in [6, 6.07) is 5.83. The van der Waals surface area contributed by atoms with Crippen molar-refractivity contribution in [2.75, 3.05) is 21.1 Å². The smallest absolute Gasteiger partial charge is 0.0463 e. The maximum Gasteiger partial charge on any atom is 0.0463 e. The van der Waals surface area contributed by atoms with Crippen LogP contribution in [0.5, 0.6) is 0 Å². The van der Waals surface area contributed by atoms with E-state index in [0.717, 1.165) is 12.0 Å². The first kappa shape index (κ1) is 13.1. The topological polar surface area (TPSA) is 15.3 Å². The minimum Gasteiger partial charge on any atom is -0.317 e. The number of hydrogen-bond acceptors (Lipinski definition) is 3. The molecule has 17 heavy (non-hydrogen) atoms. The Labute approximate surface area is 109 Å². The first-order valence-corrected chi connectivity index (χ1v) is 7.47. The Morgan fingerprint density at radius 3 is 2.47 bits per heavy atom. The molecule has 2 rings (SSSR count). The number of hydrogen-bond donors (Lipinski definition) is 1. The average Bonchev–Trinajstić information content (AvgIpc) is 2.83. The summed E-state index contributed by atoms with van der Waals surface area (Å²) in [5.41, 5.74) is 0. The van der Waals surface area contributed by atoms with Crippen LogP contribution >= 0.6 is 11.3 Å². The number of nitrogens with zero attached hydrogens (tertiary/aromatic N) is 1. The standard InChI is InChI=1S/C14H24N2S/c1-15-12-8-6-11(7-9-12)14(16(2)3)13-5-4-10-17-13/h4-5,10-12,14-15H,6-9H2,1-3H3. The van der Waals surface area contributed by atoms with Crippen LogP contribution in [-0.4, -0.2) is 32.1 Å². The van der Waals surface area contributed by atoms with Gasteiger partial charge in [0, 0.05) is 17.0 Å². The van der Waals surface area contributed by atoms with Crippen molar-refractivity contribution in [2.45, 2.75) is 37.8 Å². The van der Waals surface area contributed by atoms with Crippen LogP contribution < -0.4 is 5.32 Å². The third kappa shape index (κ3) is 3.09. The van der Waals surface area contributed by atoms with Gasteiger partial charge in [0.15, 0.2) is 0 Å². The first-order chi connectivity index (χ1) is 8.22. The molecule has 1 aromatic rings. The van der Waals surface area contributed by atoms with E-state index < -0.39 is 0 Å². The highest BCUT2D eigenvalue weighted by atomic mass is 32.1. The minimum absolute atomic E-state index is 0.618. The second kappa shape index (κ2) is 5.98. The van der Waals surface area contributed by atoms with Gasteiger partial charge in [0.05, 0.1) is 0 Å². The quantitative estimate of drug-likeness (QED) is 0.885. The third-order valence-corrected chi connectivity index (χ3v) is 4.96. The summed E-state index contributed by atoms with van der Waals surface area (Å²) in [6.45, 7) is 0. The SMILES string of the molecule is CNC1CCC(C(c2cccs2)N(C)C)CC1. The molecule has 0 amide bonds. The van der Waals surface area contributed by atoms with Crippen LogP contribution in [0.25, 0.3) is 0 Å². The van der Waals surface area contributed by atoms with E-state index in [1.807, 2.05) is 11.3 Å². The maximum absolute atomic E-state index is 3.42. The van der Waals surface area contributed by atoms with Gasteiger partial charge in [0.25, 0.3) is 0 Å². The monoisotopic (exact) mass is 252 g/mol. The fourth-order valence-corrected chi connectivity index (χ4v) is 4.11. The highest BCUT2D eigenvalue weighted by molar-refractivity contribution is 7.10. The van der Waals surface area contributed by atoms with Crippen LogP contribution in [0.3, 0.4) is 0 Å². The Hall–Kier alpha value is -0.380. The molecule has 2 nitrogen and oxygen atoms in total. The highest BCUT2D eigenvalue weighted by Gasteiger charge is 2.29. The van der Waals surface area contributed by atoms with Crippen LogP contribution in [0.1, 0.15) is 36.6 Å². The lowest BCUT2D eigenvalue weighted by Gasteiger charge is -2.36. The van der Waals surface area contributed by atoms with Crippen molar-refractivity contribution in [3.05, 3.63) is 22.4 Å². The molecular weight excluding hydrogens is 228 g/mol. The van der Waals surface area contributed by atoms with Gasteiger partial charge in [-0.25, -0.2) is 0 Å². The largest absolute Gasteiger partial charge is 0.317 e. The van der Waals surface area contributed by atoms with Gasteiger partial charge in [0.1, 0.15) is 0 Å². The molecule has 0 aromatic carbocycles. The summed E-state index contributed by atoms with van der Waals surface area (Å²) < 4.78 is 0. The molecule has 1 atom stereocenters. The predicted octanol–water partition coefficient (Wildman–Crippen LogP) is 3.13. The van der Waals surface area contributed by atoms with Crippen LogP contribution in [0.15, 0.2) is 17.5 Å². The summed E-state index contributed by atoms with van der Waals surface area (Å²) in [7, 11) is 6.52. The van der Waals surface area contributed by atoms with Gasteiger partial charge in [0.2, 0.25) is 0 Å². The van der Waals surface area contributed by atoms with Crippen molar-refractivity contribution in [1.82, 2.24) is 10.2 Å². The van der Waals surface area contributed by atoms with Crippen molar-refractivity contribution in [1.29, 1.82) is 0 Å². The van der Waals surface area contributed by atoms with Crippen molar-refractivity contribution < 1.29 is 0 Å². The Bertz CT molecular complexity index is 313. The molecule has 1 unspecified atom stereocenters. The minimum atomic E-state index is 0.618. The van der Waals surface area contributed by atoms with E-state index in [9.17, 15) is 0 Å². The zero-order valence-electron chi connectivity index (χ0n) is 11.1. The summed E-state index contributed by atoms with van der Waals surface area (Å²) >= 11 is 1.90. The molecule has 1 aliphatic carbocycles. The lowest BCUT2D eigenvalue weighted by Crippen LogP contribution is -2.35. The van der Waals surface area contributed by atoms with Gasteiger partial charge in [-0.1, -0.05) is 6.07 Å². The molecule has 0 saturated heterocycles. The predicted molar refractivity (Wildman–Crippen MR) is 75.6 cm³/mol. The second-order valence-electron chi connectivity index (χ2n) is 5.32. The van der Waals surface area contributed by atoms with Gasteiger partial charge >= 0.3 is 0 Å². The van der Waals surface area contributed by atoms with E-state index in [1.165, 1.54) is 30.6 Å². The van der Waals surface area contributed by atoms with Gasteiger partial charge in [-0.2, -0.15) is 0 Å². The molecule has 1 N–H and O–H groups in total. The number of rotatable bonds is 4. The molecule has 0 spiro atoms. The normalized spacial score (nSPS) is 27.3. The van der Waals surface area contributed by atoms with Crippen molar-refractivity contribution >= 4 is 11.3 Å². The summed E-state index contributed by atoms with van der Waals surface area (Å²) in [4.78, 5) is 3.93. The van der Waals surface area contributed by atoms with Crippen molar-refractivity contribution in [2.24, 2.45) is 5.92 Å². The molecule has 1 heterocycles. The Morgan fingerprint density at radius 1 is 1.29 bits per heavy atom. The lowest BCUT2D eigenvalue weighted by atomic mass is 9.80. The summed E-state index contributed by atoms with van der Waals surface area (Å²) in [5.74, 6) is 0.827. The van der Waals surface area contributed by atoms with Crippen LogP contribution in [0.2, 0.25) is 0 Å². The van der Waals surface area contributed by atoms with E-state index in [1.54, 1.807) is 0 Å². The van der Waals surface area contributed by atoms with Crippen molar-refractivity contribution in [3.63, 3.8) is 0 Å². The highest BCUT2D eigenvalue weighted by Crippen LogP contribution is 2.38. The van der Waals surface area contributed by atoms with Gasteiger partial charge in [-0.05, 0) is 64.2 Å². The van der Waals surface area contributed by atoms with Gasteiger partial charge < -0.3 is 10.2 Å². The van der Waals surface area contributed by atoms with Crippen molar-refractivity contribution in [3.8, 4) is 0 Å². The van der Waals surface area contributed by atoms with E-state index in [-0.39, 0.29) is 0 Å². The molecule has 96 valence electrons. The van der Waals surface area contributed by atoms with E-state index in [0.29, 0.717) is 6.04 Å². The van der Waals surface area contributed by atoms with Gasteiger partial charge in [-0.3, -0.25) is 0 Å².